The Morgan fingerprint density at radius 1 is 1.24 bits per heavy atom. The van der Waals surface area contributed by atoms with E-state index in [1.807, 2.05) is 66.8 Å². The number of H-pyrrole nitrogens is 1. The Morgan fingerprint density at radius 3 is 2.47 bits per heavy atom. The van der Waals surface area contributed by atoms with E-state index in [0.717, 1.165) is 5.56 Å². The van der Waals surface area contributed by atoms with E-state index in [9.17, 15) is 4.79 Å². The Bertz CT molecular complexity index is 575. The van der Waals surface area contributed by atoms with Crippen LogP contribution >= 0.6 is 22.6 Å². The van der Waals surface area contributed by atoms with Gasteiger partial charge in [-0.1, -0.05) is 30.3 Å². The second kappa shape index (κ2) is 4.60. The van der Waals surface area contributed by atoms with Crippen LogP contribution in [0.25, 0.3) is 0 Å². The summed E-state index contributed by atoms with van der Waals surface area (Å²) in [4.78, 5) is 18.8. The molecule has 1 aromatic carbocycles. The number of halogens is 1. The van der Waals surface area contributed by atoms with Crippen molar-refractivity contribution in [2.75, 3.05) is 0 Å². The van der Waals surface area contributed by atoms with Crippen molar-refractivity contribution in [2.45, 2.75) is 19.3 Å². The van der Waals surface area contributed by atoms with Gasteiger partial charge < -0.3 is 4.98 Å². The summed E-state index contributed by atoms with van der Waals surface area (Å²) >= 11 is 1.98. The lowest BCUT2D eigenvalue weighted by atomic mass is 9.84. The summed E-state index contributed by atoms with van der Waals surface area (Å²) in [6.45, 7) is 4.10. The number of nitrogens with one attached hydrogen (secondary N) is 1. The first-order chi connectivity index (χ1) is 8.01. The summed E-state index contributed by atoms with van der Waals surface area (Å²) in [5, 5.41) is 0. The molecule has 0 fully saturated rings. The topological polar surface area (TPSA) is 45.8 Å². The molecule has 1 N–H and O–H groups in total. The first-order valence-electron chi connectivity index (χ1n) is 5.32. The van der Waals surface area contributed by atoms with Crippen LogP contribution < -0.4 is 5.56 Å². The molecule has 4 heteroatoms. The van der Waals surface area contributed by atoms with Crippen molar-refractivity contribution in [3.63, 3.8) is 0 Å². The number of hydrogen-bond acceptors (Lipinski definition) is 2. The molecule has 0 saturated carbocycles. The van der Waals surface area contributed by atoms with E-state index in [1.165, 1.54) is 0 Å². The van der Waals surface area contributed by atoms with Gasteiger partial charge in [-0.3, -0.25) is 4.79 Å². The Kier molecular flexibility index (Phi) is 3.33. The van der Waals surface area contributed by atoms with Gasteiger partial charge in [0.05, 0.1) is 3.57 Å². The molecule has 0 amide bonds. The average Bonchev–Trinajstić information content (AvgIpc) is 2.33. The van der Waals surface area contributed by atoms with Gasteiger partial charge >= 0.3 is 0 Å². The number of aromatic amines is 1. The minimum atomic E-state index is -0.301. The van der Waals surface area contributed by atoms with E-state index in [0.29, 0.717) is 9.39 Å². The Morgan fingerprint density at radius 2 is 1.88 bits per heavy atom. The molecular formula is C13H13IN2O. The fraction of sp³-hybridized carbons (Fsp3) is 0.231. The first-order valence-corrected chi connectivity index (χ1v) is 6.40. The van der Waals surface area contributed by atoms with Gasteiger partial charge in [-0.05, 0) is 42.0 Å². The highest BCUT2D eigenvalue weighted by Crippen LogP contribution is 2.27. The predicted octanol–water partition coefficient (Wildman–Crippen LogP) is 2.70. The van der Waals surface area contributed by atoms with Crippen LogP contribution in [-0.4, -0.2) is 9.97 Å². The van der Waals surface area contributed by atoms with Gasteiger partial charge in [0.25, 0.3) is 5.56 Å². The van der Waals surface area contributed by atoms with E-state index >= 15 is 0 Å². The minimum Gasteiger partial charge on any atom is -0.309 e. The average molecular weight is 340 g/mol. The summed E-state index contributed by atoms with van der Waals surface area (Å²) in [5.74, 6) is 0.689. The Hall–Kier alpha value is -1.17. The van der Waals surface area contributed by atoms with Crippen LogP contribution in [0, 0.1) is 3.57 Å². The molecule has 0 spiro atoms. The van der Waals surface area contributed by atoms with Gasteiger partial charge in [0, 0.05) is 11.6 Å². The van der Waals surface area contributed by atoms with Gasteiger partial charge in [-0.2, -0.15) is 0 Å². The molecule has 1 aromatic heterocycles. The van der Waals surface area contributed by atoms with Crippen LogP contribution in [-0.2, 0) is 5.41 Å². The van der Waals surface area contributed by atoms with Gasteiger partial charge in [0.2, 0.25) is 0 Å². The molecule has 0 aliphatic heterocycles. The highest BCUT2D eigenvalue weighted by atomic mass is 127. The third-order valence-electron chi connectivity index (χ3n) is 2.84. The molecule has 0 aliphatic rings. The fourth-order valence-electron chi connectivity index (χ4n) is 1.69. The molecule has 88 valence electrons. The fourth-order valence-corrected chi connectivity index (χ4v) is 1.96. The third-order valence-corrected chi connectivity index (χ3v) is 3.61. The lowest BCUT2D eigenvalue weighted by Crippen LogP contribution is -2.26. The minimum absolute atomic E-state index is 0.0837. The zero-order chi connectivity index (χ0) is 12.5. The standard InChI is InChI=1S/C13H13IN2O/c1-13(2,9-6-4-3-5-7-9)12-15-8-10(14)11(17)16-12/h3-8H,1-2H3,(H,15,16,17). The van der Waals surface area contributed by atoms with Crippen molar-refractivity contribution in [3.8, 4) is 0 Å². The normalized spacial score (nSPS) is 11.5. The number of nitrogens with zero attached hydrogens (tertiary/aromatic N) is 1. The predicted molar refractivity (Wildman–Crippen MR) is 76.1 cm³/mol. The van der Waals surface area contributed by atoms with E-state index in [1.54, 1.807) is 6.20 Å². The highest BCUT2D eigenvalue weighted by molar-refractivity contribution is 14.1. The van der Waals surface area contributed by atoms with Crippen molar-refractivity contribution in [2.24, 2.45) is 0 Å². The van der Waals surface area contributed by atoms with Gasteiger partial charge in [-0.15, -0.1) is 0 Å². The summed E-state index contributed by atoms with van der Waals surface area (Å²) < 4.78 is 0.607. The second-order valence-electron chi connectivity index (χ2n) is 4.40. The molecule has 0 radical (unpaired) electrons. The molecule has 1 heterocycles. The smallest absolute Gasteiger partial charge is 0.264 e. The molecule has 0 unspecified atom stereocenters. The van der Waals surface area contributed by atoms with Crippen molar-refractivity contribution < 1.29 is 0 Å². The van der Waals surface area contributed by atoms with Crippen LogP contribution in [0.2, 0.25) is 0 Å². The maximum atomic E-state index is 11.6. The Balaban J connectivity index is 2.52. The van der Waals surface area contributed by atoms with E-state index in [4.69, 9.17) is 0 Å². The van der Waals surface area contributed by atoms with Crippen LogP contribution in [0.3, 0.4) is 0 Å². The van der Waals surface area contributed by atoms with Crippen LogP contribution in [0.1, 0.15) is 25.2 Å². The van der Waals surface area contributed by atoms with Crippen molar-refractivity contribution >= 4 is 22.6 Å². The summed E-state index contributed by atoms with van der Waals surface area (Å²) in [7, 11) is 0. The number of hydrogen-bond donors (Lipinski definition) is 1. The molecular weight excluding hydrogens is 327 g/mol. The van der Waals surface area contributed by atoms with Crippen LogP contribution in [0.4, 0.5) is 0 Å². The van der Waals surface area contributed by atoms with Gasteiger partial charge in [0.1, 0.15) is 5.82 Å². The molecule has 2 rings (SSSR count). The molecule has 2 aromatic rings. The van der Waals surface area contributed by atoms with Crippen molar-refractivity contribution in [3.05, 3.63) is 61.8 Å². The van der Waals surface area contributed by atoms with Crippen molar-refractivity contribution in [1.29, 1.82) is 0 Å². The lowest BCUT2D eigenvalue weighted by molar-refractivity contribution is 0.586. The largest absolute Gasteiger partial charge is 0.309 e. The number of rotatable bonds is 2. The van der Waals surface area contributed by atoms with E-state index in [-0.39, 0.29) is 11.0 Å². The number of aromatic nitrogens is 2. The van der Waals surface area contributed by atoms with E-state index in [2.05, 4.69) is 9.97 Å². The van der Waals surface area contributed by atoms with Gasteiger partial charge in [0.15, 0.2) is 0 Å². The first kappa shape index (κ1) is 12.3. The van der Waals surface area contributed by atoms with Crippen LogP contribution in [0.5, 0.6) is 0 Å². The highest BCUT2D eigenvalue weighted by Gasteiger charge is 2.25. The molecule has 0 saturated heterocycles. The molecule has 0 bridgehead atoms. The quantitative estimate of drug-likeness (QED) is 0.855. The van der Waals surface area contributed by atoms with Gasteiger partial charge in [-0.25, -0.2) is 4.98 Å². The summed E-state index contributed by atoms with van der Waals surface area (Å²) in [5.41, 5.74) is 0.745. The molecule has 3 nitrogen and oxygen atoms in total. The molecule has 17 heavy (non-hydrogen) atoms. The third kappa shape index (κ3) is 2.41. The molecule has 0 aliphatic carbocycles. The Labute approximate surface area is 113 Å². The lowest BCUT2D eigenvalue weighted by Gasteiger charge is -2.23. The maximum Gasteiger partial charge on any atom is 0.264 e. The monoisotopic (exact) mass is 340 g/mol. The summed E-state index contributed by atoms with van der Waals surface area (Å²) in [6.07, 6.45) is 1.61. The number of benzene rings is 1. The summed E-state index contributed by atoms with van der Waals surface area (Å²) in [6, 6.07) is 10.0. The van der Waals surface area contributed by atoms with Crippen molar-refractivity contribution in [1.82, 2.24) is 9.97 Å². The second-order valence-corrected chi connectivity index (χ2v) is 5.56. The van der Waals surface area contributed by atoms with E-state index < -0.39 is 0 Å². The van der Waals surface area contributed by atoms with Crippen LogP contribution in [0.15, 0.2) is 41.3 Å². The maximum absolute atomic E-state index is 11.6. The molecule has 0 atom stereocenters. The zero-order valence-corrected chi connectivity index (χ0v) is 11.9. The zero-order valence-electron chi connectivity index (χ0n) is 9.70. The SMILES string of the molecule is CC(C)(c1ccccc1)c1ncc(I)c(=O)[nH]1.